The summed E-state index contributed by atoms with van der Waals surface area (Å²) in [7, 11) is 0. The van der Waals surface area contributed by atoms with Crippen molar-refractivity contribution in [2.45, 2.75) is 205 Å². The van der Waals surface area contributed by atoms with E-state index in [-0.39, 0.29) is 0 Å². The molecule has 5 aliphatic heterocycles. The zero-order valence-corrected chi connectivity index (χ0v) is 43.0. The van der Waals surface area contributed by atoms with Gasteiger partial charge in [0.1, 0.15) is 140 Å². The van der Waals surface area contributed by atoms with Crippen molar-refractivity contribution in [1.29, 1.82) is 0 Å². The van der Waals surface area contributed by atoms with Crippen molar-refractivity contribution in [2.75, 3.05) is 46.2 Å². The summed E-state index contributed by atoms with van der Waals surface area (Å²) in [4.78, 5) is 49.6. The fraction of sp³-hybridized carbons (Fsp3) is 0.909. The third-order valence-corrected chi connectivity index (χ3v) is 13.7. The molecule has 35 nitrogen and oxygen atoms in total. The molecule has 21 N–H and O–H groups in total. The number of hydrogen-bond acceptors (Lipinski definition) is 31. The van der Waals surface area contributed by atoms with E-state index in [1.54, 1.807) is 0 Å². The lowest BCUT2D eigenvalue weighted by Crippen LogP contribution is -2.70. The van der Waals surface area contributed by atoms with E-state index in [2.05, 4.69) is 21.3 Å². The van der Waals surface area contributed by atoms with Gasteiger partial charge in [-0.1, -0.05) is 0 Å². The number of aliphatic hydroxyl groups excluding tert-OH is 17. The molecule has 0 aromatic rings. The van der Waals surface area contributed by atoms with Crippen molar-refractivity contribution in [3.63, 3.8) is 0 Å². The quantitative estimate of drug-likeness (QED) is 0.0427. The lowest BCUT2D eigenvalue weighted by Gasteiger charge is -2.50. The van der Waals surface area contributed by atoms with Crippen LogP contribution in [0.15, 0.2) is 0 Å². The van der Waals surface area contributed by atoms with Gasteiger partial charge in [0.2, 0.25) is 23.6 Å². The van der Waals surface area contributed by atoms with Crippen molar-refractivity contribution >= 4 is 23.6 Å². The third-order valence-electron chi connectivity index (χ3n) is 13.7. The summed E-state index contributed by atoms with van der Waals surface area (Å²) in [5.74, 6) is -3.29. The molecule has 29 atom stereocenters. The summed E-state index contributed by atoms with van der Waals surface area (Å²) in [6.45, 7) is -2.87. The SMILES string of the molecule is CC(=O)N[C@H]1[C@H](O[C@H]2[C@@H](O)[C@@H](CO[C@@H]3O[C@H](CO)[C@@H](O)[C@H](O)[C@H]3NC(C)=O)O[C@@H](O[C@H]3[C@H](O)[C@@H](NC(C)=O)[C@H](O[C@@H]([C@@H](O)[C@H](O)CO)[C@H](CO)NC(C)=O)O[C@@H]3CO)[C@@H]2O)O[C@H](CO)[C@@H](O[C@@H]2O[C@H](CO)[C@H](O)[C@H](O)[C@H]2O)[C@@H]1O. The van der Waals surface area contributed by atoms with Crippen LogP contribution in [0.2, 0.25) is 0 Å². The molecule has 0 saturated carbocycles. The van der Waals surface area contributed by atoms with Gasteiger partial charge >= 0.3 is 0 Å². The van der Waals surface area contributed by atoms with E-state index in [9.17, 15) is 106 Å². The summed E-state index contributed by atoms with van der Waals surface area (Å²) < 4.78 is 58.5. The van der Waals surface area contributed by atoms with Crippen LogP contribution in [-0.2, 0) is 66.5 Å². The second kappa shape index (κ2) is 29.9. The van der Waals surface area contributed by atoms with Crippen molar-refractivity contribution in [2.24, 2.45) is 0 Å². The number of carbonyl (C=O) groups excluding carboxylic acids is 4. The van der Waals surface area contributed by atoms with Crippen molar-refractivity contribution in [1.82, 2.24) is 21.3 Å². The number of amides is 4. The standard InChI is InChI=1S/C44H76N4O31/c1-12(55)45-16(5-49)36(26(60)17(59)6-50)76-41-24(47-14(3)57)31(65)38(21(10-54)73-41)78-44-35(69)39(29(63)22(75-44)11-70-40-23(46-13(2)56)30(64)27(61)18(7-51)71-40)79-42-25(48-15(4)58)32(66)37(20(9-53)74-42)77-43-34(68)33(67)28(62)19(8-52)72-43/h16-44,49-54,59-69H,5-11H2,1-4H3,(H,45,55)(H,46,56)(H,47,57)(H,48,58)/t16-,17+,18+,19+,20+,21+,22+,23+,24+,25+,26-,27+,28-,29-,30+,31+,32+,33-,34+,35+,36+,37+,38+,39-,40+,41-,42-,43-,44-/m0/s1. The zero-order chi connectivity index (χ0) is 58.9. The monoisotopic (exact) mass is 1160 g/mol. The van der Waals surface area contributed by atoms with Gasteiger partial charge in [-0.15, -0.1) is 0 Å². The molecule has 0 bridgehead atoms. The molecule has 5 heterocycles. The van der Waals surface area contributed by atoms with Gasteiger partial charge in [0.05, 0.1) is 52.3 Å². The van der Waals surface area contributed by atoms with Crippen LogP contribution in [0.25, 0.3) is 0 Å². The molecular weight excluding hydrogens is 1080 g/mol. The lowest BCUT2D eigenvalue weighted by molar-refractivity contribution is -0.381. The van der Waals surface area contributed by atoms with Crippen molar-refractivity contribution < 1.29 is 153 Å². The topological polar surface area (TPSA) is 553 Å². The van der Waals surface area contributed by atoms with Gasteiger partial charge in [0, 0.05) is 27.7 Å². The summed E-state index contributed by atoms with van der Waals surface area (Å²) in [6.07, 6.45) is -48.6. The zero-order valence-electron chi connectivity index (χ0n) is 43.0. The number of aliphatic hydroxyl groups is 17. The first-order valence-corrected chi connectivity index (χ1v) is 25.0. The summed E-state index contributed by atoms with van der Waals surface area (Å²) >= 11 is 0. The number of nitrogens with one attached hydrogen (secondary N) is 4. The molecular formula is C44H76N4O31. The van der Waals surface area contributed by atoms with Crippen molar-refractivity contribution in [3.05, 3.63) is 0 Å². The highest BCUT2D eigenvalue weighted by Gasteiger charge is 2.57. The highest BCUT2D eigenvalue weighted by molar-refractivity contribution is 5.74. The van der Waals surface area contributed by atoms with E-state index < -0.39 is 248 Å². The van der Waals surface area contributed by atoms with Crippen LogP contribution in [0.1, 0.15) is 27.7 Å². The Morgan fingerprint density at radius 2 is 0.848 bits per heavy atom. The molecule has 5 fully saturated rings. The second-order valence-electron chi connectivity index (χ2n) is 19.5. The molecule has 79 heavy (non-hydrogen) atoms. The molecule has 5 aliphatic rings. The minimum absolute atomic E-state index is 0.757. The highest BCUT2D eigenvalue weighted by Crippen LogP contribution is 2.36. The number of ether oxygens (including phenoxy) is 10. The first-order chi connectivity index (χ1) is 37.3. The fourth-order valence-electron chi connectivity index (χ4n) is 9.63. The molecule has 0 spiro atoms. The van der Waals surface area contributed by atoms with Gasteiger partial charge in [0.25, 0.3) is 0 Å². The van der Waals surface area contributed by atoms with Gasteiger partial charge in [-0.05, 0) is 0 Å². The lowest BCUT2D eigenvalue weighted by atomic mass is 9.94. The van der Waals surface area contributed by atoms with Gasteiger partial charge in [0.15, 0.2) is 31.5 Å². The summed E-state index contributed by atoms with van der Waals surface area (Å²) in [6, 6.07) is -6.79. The van der Waals surface area contributed by atoms with Crippen LogP contribution >= 0.6 is 0 Å². The Bertz CT molecular complexity index is 1940. The van der Waals surface area contributed by atoms with Crippen LogP contribution in [0.3, 0.4) is 0 Å². The Labute approximate surface area is 449 Å². The van der Waals surface area contributed by atoms with E-state index in [1.165, 1.54) is 0 Å². The van der Waals surface area contributed by atoms with Crippen LogP contribution in [-0.4, -0.2) is 334 Å². The molecule has 0 unspecified atom stereocenters. The Balaban J connectivity index is 1.52. The van der Waals surface area contributed by atoms with Crippen LogP contribution in [0.4, 0.5) is 0 Å². The minimum Gasteiger partial charge on any atom is -0.394 e. The highest BCUT2D eigenvalue weighted by atomic mass is 16.8. The van der Waals surface area contributed by atoms with E-state index >= 15 is 0 Å². The van der Waals surface area contributed by atoms with E-state index in [1.807, 2.05) is 0 Å². The molecule has 0 aliphatic carbocycles. The number of hydrogen-bond donors (Lipinski definition) is 21. The second-order valence-corrected chi connectivity index (χ2v) is 19.5. The largest absolute Gasteiger partial charge is 0.394 e. The van der Waals surface area contributed by atoms with Gasteiger partial charge in [-0.3, -0.25) is 19.2 Å². The third kappa shape index (κ3) is 15.9. The van der Waals surface area contributed by atoms with Gasteiger partial charge < -0.3 is 155 Å². The predicted octanol–water partition coefficient (Wildman–Crippen LogP) is -13.9. The molecule has 35 heteroatoms. The van der Waals surface area contributed by atoms with Gasteiger partial charge in [-0.25, -0.2) is 0 Å². The number of carbonyl (C=O) groups is 4. The molecule has 0 radical (unpaired) electrons. The molecule has 458 valence electrons. The fourth-order valence-corrected chi connectivity index (χ4v) is 9.63. The summed E-state index contributed by atoms with van der Waals surface area (Å²) in [5, 5.41) is 192. The summed E-state index contributed by atoms with van der Waals surface area (Å²) in [5.41, 5.74) is 0. The van der Waals surface area contributed by atoms with E-state index in [0.717, 1.165) is 27.7 Å². The average Bonchev–Trinajstić information content (AvgIpc) is 3.44. The predicted molar refractivity (Wildman–Crippen MR) is 248 cm³/mol. The van der Waals surface area contributed by atoms with Crippen LogP contribution in [0.5, 0.6) is 0 Å². The smallest absolute Gasteiger partial charge is 0.217 e. The first-order valence-electron chi connectivity index (χ1n) is 25.0. The molecule has 0 aromatic heterocycles. The molecule has 0 aromatic carbocycles. The maximum absolute atomic E-state index is 12.7. The Hall–Kier alpha value is -3.20. The average molecular weight is 1160 g/mol. The Morgan fingerprint density at radius 3 is 1.32 bits per heavy atom. The Kier molecular flexibility index (Phi) is 25.2. The van der Waals surface area contributed by atoms with E-state index in [4.69, 9.17) is 47.4 Å². The van der Waals surface area contributed by atoms with Crippen LogP contribution in [0, 0.1) is 0 Å². The number of rotatable bonds is 24. The van der Waals surface area contributed by atoms with E-state index in [0.29, 0.717) is 0 Å². The maximum atomic E-state index is 12.7. The van der Waals surface area contributed by atoms with Crippen molar-refractivity contribution in [3.8, 4) is 0 Å². The Morgan fingerprint density at radius 1 is 0.430 bits per heavy atom. The van der Waals surface area contributed by atoms with Crippen LogP contribution < -0.4 is 21.3 Å². The van der Waals surface area contributed by atoms with Gasteiger partial charge in [-0.2, -0.15) is 0 Å². The molecule has 4 amide bonds. The first kappa shape index (κ1) is 66.6. The maximum Gasteiger partial charge on any atom is 0.217 e. The molecule has 5 saturated heterocycles. The minimum atomic E-state index is -2.34. The molecule has 5 rings (SSSR count). The normalized spacial score (nSPS) is 42.5.